The van der Waals surface area contributed by atoms with Gasteiger partial charge in [0.2, 0.25) is 11.8 Å². The lowest BCUT2D eigenvalue weighted by molar-refractivity contribution is 0.261. The van der Waals surface area contributed by atoms with Crippen LogP contribution < -0.4 is 20.1 Å². The van der Waals surface area contributed by atoms with Crippen molar-refractivity contribution in [3.63, 3.8) is 0 Å². The van der Waals surface area contributed by atoms with Crippen molar-refractivity contribution >= 4 is 17.7 Å². The summed E-state index contributed by atoms with van der Waals surface area (Å²) in [5.41, 5.74) is 6.09. The van der Waals surface area contributed by atoms with Crippen molar-refractivity contribution < 1.29 is 19.4 Å². The third-order valence-corrected chi connectivity index (χ3v) is 9.78. The first kappa shape index (κ1) is 41.8. The molecule has 0 aliphatic heterocycles. The summed E-state index contributed by atoms with van der Waals surface area (Å²) in [6.45, 7) is 13.7. The van der Waals surface area contributed by atoms with Gasteiger partial charge < -0.3 is 19.9 Å². The summed E-state index contributed by atoms with van der Waals surface area (Å²) in [7, 11) is 1.66. The fourth-order valence-electron chi connectivity index (χ4n) is 6.61. The van der Waals surface area contributed by atoms with Gasteiger partial charge in [-0.25, -0.2) is 9.78 Å². The van der Waals surface area contributed by atoms with Crippen LogP contribution in [0, 0.1) is 5.92 Å². The molecule has 8 nitrogen and oxygen atoms in total. The van der Waals surface area contributed by atoms with Gasteiger partial charge in [-0.15, -0.1) is 0 Å². The van der Waals surface area contributed by atoms with E-state index < -0.39 is 0 Å². The normalized spacial score (nSPS) is 12.0. The lowest BCUT2D eigenvalue weighted by Crippen LogP contribution is -2.24. The maximum Gasteiger partial charge on any atom is 0.326 e. The summed E-state index contributed by atoms with van der Waals surface area (Å²) in [5.74, 6) is 2.61. The summed E-state index contributed by atoms with van der Waals surface area (Å²) >= 11 is 0. The summed E-state index contributed by atoms with van der Waals surface area (Å²) in [5, 5.41) is 15.2. The van der Waals surface area contributed by atoms with E-state index in [-0.39, 0.29) is 30.4 Å². The van der Waals surface area contributed by atoms with E-state index in [4.69, 9.17) is 24.5 Å². The number of aromatic nitrogens is 2. The van der Waals surface area contributed by atoms with E-state index in [1.165, 1.54) is 32.1 Å². The molecule has 8 heteroatoms. The Balaban J connectivity index is 1.93. The number of para-hydroxylation sites is 1. The number of benzene rings is 2. The Hall–Kier alpha value is -3.65. The van der Waals surface area contributed by atoms with Gasteiger partial charge in [-0.2, -0.15) is 4.98 Å². The van der Waals surface area contributed by atoms with Gasteiger partial charge in [-0.3, -0.25) is 5.32 Å². The number of methoxy groups -OCH3 is 1. The first-order valence-electron chi connectivity index (χ1n) is 19.7. The van der Waals surface area contributed by atoms with Crippen LogP contribution in [0.2, 0.25) is 0 Å². The van der Waals surface area contributed by atoms with Crippen molar-refractivity contribution in [2.24, 2.45) is 5.92 Å². The number of ether oxygens (including phenoxy) is 2. The number of nitrogens with one attached hydrogen (secondary N) is 2. The first-order chi connectivity index (χ1) is 24.7. The van der Waals surface area contributed by atoms with Gasteiger partial charge in [0.1, 0.15) is 12.4 Å². The smallest absolute Gasteiger partial charge is 0.326 e. The molecule has 0 aliphatic carbocycles. The predicted octanol–water partition coefficient (Wildman–Crippen LogP) is 11.4. The van der Waals surface area contributed by atoms with Gasteiger partial charge in [0.05, 0.1) is 12.8 Å². The molecule has 0 radical (unpaired) electrons. The Morgan fingerprint density at radius 2 is 1.43 bits per heavy atom. The highest BCUT2D eigenvalue weighted by Gasteiger charge is 2.22. The number of rotatable bonds is 24. The van der Waals surface area contributed by atoms with Crippen molar-refractivity contribution in [3.05, 3.63) is 70.4 Å². The van der Waals surface area contributed by atoms with Crippen LogP contribution in [0.3, 0.4) is 0 Å². The highest BCUT2D eigenvalue weighted by molar-refractivity contribution is 6.00. The fourth-order valence-corrected chi connectivity index (χ4v) is 6.61. The van der Waals surface area contributed by atoms with Gasteiger partial charge in [-0.05, 0) is 72.3 Å². The Bertz CT molecular complexity index is 1410. The zero-order valence-electron chi connectivity index (χ0n) is 32.7. The van der Waals surface area contributed by atoms with E-state index in [0.29, 0.717) is 18.4 Å². The first-order valence-corrected chi connectivity index (χ1v) is 19.7. The van der Waals surface area contributed by atoms with E-state index in [0.717, 1.165) is 97.2 Å². The van der Waals surface area contributed by atoms with E-state index in [9.17, 15) is 4.79 Å². The number of urea groups is 1. The van der Waals surface area contributed by atoms with Gasteiger partial charge in [0.25, 0.3) is 0 Å². The van der Waals surface area contributed by atoms with E-state index in [2.05, 4.69) is 70.4 Å². The molecule has 2 aromatic carbocycles. The van der Waals surface area contributed by atoms with Crippen molar-refractivity contribution in [2.75, 3.05) is 24.4 Å². The van der Waals surface area contributed by atoms with Gasteiger partial charge in [-0.1, -0.05) is 136 Å². The lowest BCUT2D eigenvalue weighted by atomic mass is 9.90. The number of amides is 2. The number of aliphatic hydroxyl groups is 1. The minimum atomic E-state index is -0.361. The van der Waals surface area contributed by atoms with Gasteiger partial charge in [0.15, 0.2) is 0 Å². The van der Waals surface area contributed by atoms with E-state index >= 15 is 0 Å². The monoisotopic (exact) mass is 703 g/mol. The molecular weight excluding hydrogens is 636 g/mol. The van der Waals surface area contributed by atoms with Crippen LogP contribution in [0.4, 0.5) is 16.4 Å². The number of carbonyl (C=O) groups excluding carboxylic acids is 1. The van der Waals surface area contributed by atoms with Gasteiger partial charge >= 0.3 is 6.03 Å². The number of unbranched alkanes of at least 4 members (excludes halogenated alkanes) is 8. The molecule has 51 heavy (non-hydrogen) atoms. The zero-order valence-corrected chi connectivity index (χ0v) is 32.7. The third-order valence-electron chi connectivity index (χ3n) is 9.78. The maximum atomic E-state index is 13.7. The Labute approximate surface area is 308 Å². The van der Waals surface area contributed by atoms with Crippen LogP contribution in [0.25, 0.3) is 0 Å². The quantitative estimate of drug-likeness (QED) is 0.0802. The SMILES string of the molecule is CCCCC(CC)Cc1c(CCCCCCCCCCO)nc(NC(=O)Nc2c(C(C)C)cccc2C(C)C)nc1OCc1ccc(OC)cc1. The van der Waals surface area contributed by atoms with Crippen molar-refractivity contribution in [2.45, 2.75) is 150 Å². The molecular formula is C43H66N4O4. The number of hydrogen-bond acceptors (Lipinski definition) is 6. The fraction of sp³-hybridized carbons (Fsp3) is 0.605. The van der Waals surface area contributed by atoms with Crippen molar-refractivity contribution in [3.8, 4) is 11.6 Å². The summed E-state index contributed by atoms with van der Waals surface area (Å²) < 4.78 is 11.9. The molecule has 1 unspecified atom stereocenters. The average molecular weight is 703 g/mol. The second-order valence-corrected chi connectivity index (χ2v) is 14.5. The Kier molecular flexibility index (Phi) is 18.9. The molecule has 0 fully saturated rings. The van der Waals surface area contributed by atoms with Gasteiger partial charge in [0, 0.05) is 17.9 Å². The molecule has 0 spiro atoms. The molecule has 0 saturated heterocycles. The third kappa shape index (κ3) is 14.1. The Morgan fingerprint density at radius 1 is 0.804 bits per heavy atom. The van der Waals surface area contributed by atoms with Crippen LogP contribution in [0.5, 0.6) is 11.6 Å². The maximum absolute atomic E-state index is 13.7. The molecule has 2 amide bonds. The van der Waals surface area contributed by atoms with Crippen LogP contribution in [-0.4, -0.2) is 34.8 Å². The lowest BCUT2D eigenvalue weighted by Gasteiger charge is -2.22. The molecule has 0 saturated carbocycles. The molecule has 1 atom stereocenters. The highest BCUT2D eigenvalue weighted by atomic mass is 16.5. The standard InChI is InChI=1S/C43H66N4O4/c1-8-10-20-33(9-2)29-38-39(23-17-15-13-11-12-14-16-18-28-48)44-42(46-41(38)51-30-34-24-26-35(50-7)27-25-34)47-43(49)45-40-36(31(3)4)21-19-22-37(40)32(5)6/h19,21-22,24-27,31-33,48H,8-18,20,23,28-30H2,1-7H3,(H2,44,45,46,47,49). The molecule has 282 valence electrons. The minimum absolute atomic E-state index is 0.249. The summed E-state index contributed by atoms with van der Waals surface area (Å²) in [4.78, 5) is 23.6. The number of nitrogens with zero attached hydrogens (tertiary/aromatic N) is 2. The van der Waals surface area contributed by atoms with E-state index in [1.807, 2.05) is 24.3 Å². The molecule has 0 bridgehead atoms. The largest absolute Gasteiger partial charge is 0.497 e. The Morgan fingerprint density at radius 3 is 2.00 bits per heavy atom. The number of carbonyl (C=O) groups is 1. The predicted molar refractivity (Wildman–Crippen MR) is 211 cm³/mol. The highest BCUT2D eigenvalue weighted by Crippen LogP contribution is 2.33. The van der Waals surface area contributed by atoms with Crippen molar-refractivity contribution in [1.82, 2.24) is 9.97 Å². The minimum Gasteiger partial charge on any atom is -0.497 e. The molecule has 3 aromatic rings. The molecule has 1 aromatic heterocycles. The number of aliphatic hydroxyl groups excluding tert-OH is 1. The second kappa shape index (κ2) is 23.0. The number of anilines is 2. The second-order valence-electron chi connectivity index (χ2n) is 14.5. The van der Waals surface area contributed by atoms with Crippen LogP contribution >= 0.6 is 0 Å². The molecule has 3 rings (SSSR count). The number of aryl methyl sites for hydroxylation is 1. The van der Waals surface area contributed by atoms with Crippen LogP contribution in [0.1, 0.15) is 158 Å². The molecule has 0 aliphatic rings. The average Bonchev–Trinajstić information content (AvgIpc) is 3.12. The van der Waals surface area contributed by atoms with Crippen molar-refractivity contribution in [1.29, 1.82) is 0 Å². The zero-order chi connectivity index (χ0) is 37.0. The number of hydrogen-bond donors (Lipinski definition) is 3. The van der Waals surface area contributed by atoms with Crippen LogP contribution in [0.15, 0.2) is 42.5 Å². The molecule has 1 heterocycles. The molecule has 3 N–H and O–H groups in total. The summed E-state index contributed by atoms with van der Waals surface area (Å²) in [6.07, 6.45) is 15.1. The topological polar surface area (TPSA) is 106 Å². The summed E-state index contributed by atoms with van der Waals surface area (Å²) in [6, 6.07) is 13.8. The van der Waals surface area contributed by atoms with Crippen LogP contribution in [-0.2, 0) is 19.4 Å². The van der Waals surface area contributed by atoms with E-state index in [1.54, 1.807) is 7.11 Å².